The lowest BCUT2D eigenvalue weighted by Crippen LogP contribution is -1.87. The Morgan fingerprint density at radius 1 is 1.41 bits per heavy atom. The second-order valence-electron chi connectivity index (χ2n) is 4.44. The van der Waals surface area contributed by atoms with Gasteiger partial charge in [0, 0.05) is 11.5 Å². The predicted octanol–water partition coefficient (Wildman–Crippen LogP) is 3.37. The molecule has 2 aromatic rings. The van der Waals surface area contributed by atoms with E-state index >= 15 is 0 Å². The van der Waals surface area contributed by atoms with E-state index in [1.807, 2.05) is 0 Å². The summed E-state index contributed by atoms with van der Waals surface area (Å²) in [6, 6.07) is 3.91. The minimum absolute atomic E-state index is 0.0552. The maximum Gasteiger partial charge on any atom is 0.148 e. The van der Waals surface area contributed by atoms with Crippen LogP contribution >= 0.6 is 0 Å². The first kappa shape index (κ1) is 10.3. The molecule has 0 radical (unpaired) electrons. The van der Waals surface area contributed by atoms with Crippen molar-refractivity contribution in [1.29, 1.82) is 0 Å². The molecule has 88 valence electrons. The summed E-state index contributed by atoms with van der Waals surface area (Å²) in [5.41, 5.74) is 1.89. The van der Waals surface area contributed by atoms with Gasteiger partial charge >= 0.3 is 0 Å². The van der Waals surface area contributed by atoms with Crippen LogP contribution in [0.2, 0.25) is 0 Å². The van der Waals surface area contributed by atoms with Gasteiger partial charge in [0.15, 0.2) is 0 Å². The highest BCUT2D eigenvalue weighted by atomic mass is 19.1. The van der Waals surface area contributed by atoms with Crippen molar-refractivity contribution in [1.82, 2.24) is 5.16 Å². The molecule has 0 unspecified atom stereocenters. The zero-order valence-electron chi connectivity index (χ0n) is 9.40. The van der Waals surface area contributed by atoms with E-state index in [1.165, 1.54) is 18.2 Å². The Morgan fingerprint density at radius 2 is 2.18 bits per heavy atom. The number of benzene rings is 1. The summed E-state index contributed by atoms with van der Waals surface area (Å²) in [5.74, 6) is 0.817. The summed E-state index contributed by atoms with van der Waals surface area (Å²) in [6.45, 7) is 1.80. The largest absolute Gasteiger partial charge is 0.507 e. The molecule has 0 amide bonds. The van der Waals surface area contributed by atoms with Gasteiger partial charge < -0.3 is 9.63 Å². The predicted molar refractivity (Wildman–Crippen MR) is 60.3 cm³/mol. The van der Waals surface area contributed by atoms with Gasteiger partial charge in [0.25, 0.3) is 0 Å². The number of rotatable bonds is 2. The Bertz CT molecular complexity index is 573. The van der Waals surface area contributed by atoms with Crippen LogP contribution in [0.25, 0.3) is 11.1 Å². The molecule has 1 aromatic heterocycles. The van der Waals surface area contributed by atoms with Crippen LogP contribution in [0.15, 0.2) is 22.7 Å². The van der Waals surface area contributed by atoms with Crippen LogP contribution < -0.4 is 0 Å². The van der Waals surface area contributed by atoms with E-state index in [4.69, 9.17) is 4.52 Å². The Labute approximate surface area is 97.9 Å². The lowest BCUT2D eigenvalue weighted by Gasteiger charge is -2.05. The maximum atomic E-state index is 13.3. The van der Waals surface area contributed by atoms with Crippen LogP contribution in [0.3, 0.4) is 0 Å². The van der Waals surface area contributed by atoms with Crippen LogP contribution in [0.1, 0.15) is 30.2 Å². The first-order valence-corrected chi connectivity index (χ1v) is 5.62. The minimum atomic E-state index is -0.375. The molecule has 1 saturated carbocycles. The number of aromatic hydroxyl groups is 1. The van der Waals surface area contributed by atoms with Crippen molar-refractivity contribution in [2.24, 2.45) is 0 Å². The third kappa shape index (κ3) is 1.69. The number of phenols is 1. The molecule has 3 rings (SSSR count). The normalized spacial score (nSPS) is 15.2. The third-order valence-corrected chi connectivity index (χ3v) is 3.07. The van der Waals surface area contributed by atoms with Gasteiger partial charge in [0.2, 0.25) is 0 Å². The Kier molecular flexibility index (Phi) is 2.18. The number of nitrogens with zero attached hydrogens (tertiary/aromatic N) is 1. The molecule has 0 atom stereocenters. The summed E-state index contributed by atoms with van der Waals surface area (Å²) < 4.78 is 18.5. The van der Waals surface area contributed by atoms with Crippen molar-refractivity contribution in [3.63, 3.8) is 0 Å². The molecule has 1 N–H and O–H groups in total. The summed E-state index contributed by atoms with van der Waals surface area (Å²) in [7, 11) is 0. The third-order valence-electron chi connectivity index (χ3n) is 3.07. The highest BCUT2D eigenvalue weighted by Crippen LogP contribution is 2.47. The average molecular weight is 233 g/mol. The van der Waals surface area contributed by atoms with Gasteiger partial charge in [-0.3, -0.25) is 0 Å². The Hall–Kier alpha value is -1.84. The maximum absolute atomic E-state index is 13.3. The monoisotopic (exact) mass is 233 g/mol. The molecule has 0 spiro atoms. The van der Waals surface area contributed by atoms with Gasteiger partial charge in [0.05, 0.1) is 11.3 Å². The molecule has 0 bridgehead atoms. The Balaban J connectivity index is 2.19. The molecule has 0 saturated heterocycles. The number of hydrogen-bond acceptors (Lipinski definition) is 3. The highest BCUT2D eigenvalue weighted by molar-refractivity contribution is 5.74. The fourth-order valence-electron chi connectivity index (χ4n) is 2.05. The van der Waals surface area contributed by atoms with Crippen LogP contribution in [0.5, 0.6) is 5.75 Å². The standard InChI is InChI=1S/C13H12FNO2/c1-7-12(13(17-15-7)8-2-3-8)10-6-9(14)4-5-11(10)16/h4-6,8,16H,2-3H2,1H3. The van der Waals surface area contributed by atoms with Gasteiger partial charge in [-0.25, -0.2) is 4.39 Å². The van der Waals surface area contributed by atoms with E-state index in [0.717, 1.165) is 24.2 Å². The van der Waals surface area contributed by atoms with Crippen LogP contribution in [-0.4, -0.2) is 10.3 Å². The SMILES string of the molecule is Cc1noc(C2CC2)c1-c1cc(F)ccc1O. The first-order valence-electron chi connectivity index (χ1n) is 5.62. The van der Waals surface area contributed by atoms with Crippen molar-refractivity contribution >= 4 is 0 Å². The van der Waals surface area contributed by atoms with E-state index in [2.05, 4.69) is 5.16 Å². The van der Waals surface area contributed by atoms with E-state index in [9.17, 15) is 9.50 Å². The van der Waals surface area contributed by atoms with Gasteiger partial charge in [-0.05, 0) is 38.0 Å². The molecule has 4 heteroatoms. The van der Waals surface area contributed by atoms with E-state index < -0.39 is 0 Å². The molecule has 1 aliphatic carbocycles. The van der Waals surface area contributed by atoms with E-state index in [0.29, 0.717) is 17.2 Å². The van der Waals surface area contributed by atoms with Gasteiger partial charge in [-0.2, -0.15) is 0 Å². The van der Waals surface area contributed by atoms with Crippen molar-refractivity contribution < 1.29 is 14.0 Å². The molecule has 1 aromatic carbocycles. The zero-order valence-corrected chi connectivity index (χ0v) is 9.40. The molecular formula is C13H12FNO2. The van der Waals surface area contributed by atoms with Crippen LogP contribution in [0.4, 0.5) is 4.39 Å². The van der Waals surface area contributed by atoms with Crippen molar-refractivity contribution in [3.05, 3.63) is 35.5 Å². The molecule has 17 heavy (non-hydrogen) atoms. The van der Waals surface area contributed by atoms with Crippen molar-refractivity contribution in [3.8, 4) is 16.9 Å². The zero-order chi connectivity index (χ0) is 12.0. The highest BCUT2D eigenvalue weighted by Gasteiger charge is 2.32. The second kappa shape index (κ2) is 3.58. The first-order chi connectivity index (χ1) is 8.16. The number of aryl methyl sites for hydroxylation is 1. The number of phenolic OH excluding ortho intramolecular Hbond substituents is 1. The van der Waals surface area contributed by atoms with Crippen LogP contribution in [0, 0.1) is 12.7 Å². The van der Waals surface area contributed by atoms with Gasteiger partial charge in [-0.15, -0.1) is 0 Å². The van der Waals surface area contributed by atoms with Gasteiger partial charge in [-0.1, -0.05) is 5.16 Å². The fourth-order valence-corrected chi connectivity index (χ4v) is 2.05. The topological polar surface area (TPSA) is 46.3 Å². The molecular weight excluding hydrogens is 221 g/mol. The smallest absolute Gasteiger partial charge is 0.148 e. The van der Waals surface area contributed by atoms with Crippen molar-refractivity contribution in [2.75, 3.05) is 0 Å². The number of aromatic nitrogens is 1. The minimum Gasteiger partial charge on any atom is -0.507 e. The molecule has 3 nitrogen and oxygen atoms in total. The number of hydrogen-bond donors (Lipinski definition) is 1. The van der Waals surface area contributed by atoms with E-state index in [-0.39, 0.29) is 11.6 Å². The summed E-state index contributed by atoms with van der Waals surface area (Å²) in [6.07, 6.45) is 2.13. The van der Waals surface area contributed by atoms with Crippen LogP contribution in [-0.2, 0) is 0 Å². The second-order valence-corrected chi connectivity index (χ2v) is 4.44. The lowest BCUT2D eigenvalue weighted by molar-refractivity contribution is 0.381. The summed E-state index contributed by atoms with van der Waals surface area (Å²) >= 11 is 0. The van der Waals surface area contributed by atoms with Crippen molar-refractivity contribution in [2.45, 2.75) is 25.7 Å². The van der Waals surface area contributed by atoms with E-state index in [1.54, 1.807) is 6.92 Å². The van der Waals surface area contributed by atoms with Gasteiger partial charge in [0.1, 0.15) is 17.3 Å². The quantitative estimate of drug-likeness (QED) is 0.864. The molecule has 0 aliphatic heterocycles. The molecule has 1 aliphatic rings. The lowest BCUT2D eigenvalue weighted by atomic mass is 10.0. The number of halogens is 1. The molecule has 1 heterocycles. The fraction of sp³-hybridized carbons (Fsp3) is 0.308. The summed E-state index contributed by atoms with van der Waals surface area (Å²) in [5, 5.41) is 13.7. The summed E-state index contributed by atoms with van der Waals surface area (Å²) in [4.78, 5) is 0. The average Bonchev–Trinajstić information content (AvgIpc) is 3.07. The Morgan fingerprint density at radius 3 is 2.88 bits per heavy atom. The molecule has 1 fully saturated rings.